The Kier molecular flexibility index (Phi) is 18.2. The topological polar surface area (TPSA) is 142 Å². The van der Waals surface area contributed by atoms with Gasteiger partial charge >= 0.3 is 11.9 Å². The lowest BCUT2D eigenvalue weighted by Gasteiger charge is -2.12. The van der Waals surface area contributed by atoms with Gasteiger partial charge in [0.05, 0.1) is 17.7 Å². The number of amides is 2. The van der Waals surface area contributed by atoms with Gasteiger partial charge in [-0.05, 0) is 126 Å². The number of aryl methyl sites for hydroxylation is 4. The van der Waals surface area contributed by atoms with Gasteiger partial charge in [-0.3, -0.25) is 9.59 Å². The largest absolute Gasteiger partial charge is 0.478 e. The predicted octanol–water partition coefficient (Wildman–Crippen LogP) is 12.2. The van der Waals surface area contributed by atoms with Crippen molar-refractivity contribution in [2.45, 2.75) is 70.8 Å². The summed E-state index contributed by atoms with van der Waals surface area (Å²) >= 11 is 0. The third-order valence-corrected chi connectivity index (χ3v) is 11.2. The molecule has 0 aliphatic rings. The number of nitrogens with one attached hydrogen (secondary N) is 2. The number of carbonyl (C=O) groups is 4. The molecule has 0 fully saturated rings. The number of ether oxygens (including phenoxy) is 1. The number of fused-ring (bicyclic) bond motifs is 1. The van der Waals surface area contributed by atoms with E-state index in [-0.39, 0.29) is 18.4 Å². The van der Waals surface area contributed by atoms with Crippen LogP contribution in [-0.4, -0.2) is 40.6 Å². The number of unbranched alkanes of at least 4 members (excludes halogenated alkanes) is 4. The van der Waals surface area contributed by atoms with Crippen molar-refractivity contribution in [3.05, 3.63) is 214 Å². The van der Waals surface area contributed by atoms with Gasteiger partial charge in [-0.15, -0.1) is 0 Å². The Hall–Kier alpha value is -7.36. The smallest absolute Gasteiger partial charge is 0.335 e. The van der Waals surface area contributed by atoms with Crippen LogP contribution < -0.4 is 10.6 Å². The Balaban J connectivity index is 0.000000216. The summed E-state index contributed by atoms with van der Waals surface area (Å²) in [5.74, 6) is -2.03. The first-order valence-corrected chi connectivity index (χ1v) is 22.2. The second-order valence-corrected chi connectivity index (χ2v) is 15.9. The molecule has 9 heteroatoms. The van der Waals surface area contributed by atoms with E-state index in [1.807, 2.05) is 140 Å². The fourth-order valence-corrected chi connectivity index (χ4v) is 7.78. The fraction of sp³-hybridized carbons (Fsp3) is 0.214. The summed E-state index contributed by atoms with van der Waals surface area (Å²) in [5, 5.41) is 26.8. The zero-order chi connectivity index (χ0) is 45.6. The average molecular weight is 869 g/mol. The van der Waals surface area contributed by atoms with Crippen LogP contribution in [0.5, 0.6) is 0 Å². The van der Waals surface area contributed by atoms with Crippen molar-refractivity contribution in [3.8, 4) is 0 Å². The van der Waals surface area contributed by atoms with Crippen molar-refractivity contribution >= 4 is 45.9 Å². The SMILES string of the molecule is O=C(COCc1ccccc1)Nc1ccccc1CCCCCc1ccccc1C(=O)O.O=C(Nc1ccccc1CCCCCc1ccccc1C(=O)O)c1ccc2ccccc2c1. The van der Waals surface area contributed by atoms with E-state index in [0.29, 0.717) is 23.3 Å². The van der Waals surface area contributed by atoms with Crippen molar-refractivity contribution in [2.75, 3.05) is 17.2 Å². The normalized spacial score (nSPS) is 10.7. The Bertz CT molecular complexity index is 2660. The average Bonchev–Trinajstić information content (AvgIpc) is 3.33. The minimum atomic E-state index is -0.877. The molecular weight excluding hydrogens is 813 g/mol. The summed E-state index contributed by atoms with van der Waals surface area (Å²) in [6.07, 6.45) is 8.96. The highest BCUT2D eigenvalue weighted by molar-refractivity contribution is 6.06. The molecule has 4 N–H and O–H groups in total. The molecule has 0 aromatic heterocycles. The minimum Gasteiger partial charge on any atom is -0.478 e. The van der Waals surface area contributed by atoms with Gasteiger partial charge in [0.25, 0.3) is 5.91 Å². The Morgan fingerprint density at radius 1 is 0.431 bits per heavy atom. The van der Waals surface area contributed by atoms with Crippen LogP contribution in [0.15, 0.2) is 170 Å². The van der Waals surface area contributed by atoms with E-state index in [4.69, 9.17) is 4.74 Å². The standard InChI is InChI=1S/C29H27NO3.C27H29NO4/c31-28(25-19-18-21-10-4-5-15-24(21)20-25)30-27-17-9-7-14-23(27)13-3-1-2-11-22-12-6-8-16-26(22)29(32)33;29-26(20-32-19-21-11-3-1-4-12-21)28-25-18-10-8-16-23(25)15-6-2-5-13-22-14-7-9-17-24(22)27(30)31/h4-10,12,14-20H,1-3,11,13H2,(H,30,31)(H,32,33);1,3-4,7-12,14,16-18H,2,5-6,13,15,19-20H2,(H,28,29)(H,30,31). The molecular formula is C56H56N2O7. The van der Waals surface area contributed by atoms with Crippen molar-refractivity contribution in [2.24, 2.45) is 0 Å². The lowest BCUT2D eigenvalue weighted by molar-refractivity contribution is -0.121. The van der Waals surface area contributed by atoms with Crippen LogP contribution in [0.3, 0.4) is 0 Å². The summed E-state index contributed by atoms with van der Waals surface area (Å²) in [6.45, 7) is 0.410. The van der Waals surface area contributed by atoms with Crippen LogP contribution >= 0.6 is 0 Å². The van der Waals surface area contributed by atoms with E-state index < -0.39 is 11.9 Å². The summed E-state index contributed by atoms with van der Waals surface area (Å²) in [4.78, 5) is 47.8. The lowest BCUT2D eigenvalue weighted by Crippen LogP contribution is -2.19. The van der Waals surface area contributed by atoms with Gasteiger partial charge in [-0.25, -0.2) is 9.59 Å². The van der Waals surface area contributed by atoms with E-state index in [1.54, 1.807) is 24.3 Å². The maximum atomic E-state index is 12.9. The van der Waals surface area contributed by atoms with Crippen LogP contribution in [0.25, 0.3) is 10.8 Å². The number of hydrogen-bond acceptors (Lipinski definition) is 5. The molecule has 0 saturated heterocycles. The molecule has 0 unspecified atom stereocenters. The molecule has 7 aromatic carbocycles. The molecule has 0 atom stereocenters. The Morgan fingerprint density at radius 2 is 0.877 bits per heavy atom. The van der Waals surface area contributed by atoms with E-state index in [2.05, 4.69) is 16.7 Å². The maximum Gasteiger partial charge on any atom is 0.335 e. The first-order valence-electron chi connectivity index (χ1n) is 22.2. The fourth-order valence-electron chi connectivity index (χ4n) is 7.78. The second kappa shape index (κ2) is 25.1. The number of carboxylic acid groups (broad SMARTS) is 2. The zero-order valence-corrected chi connectivity index (χ0v) is 36.6. The second-order valence-electron chi connectivity index (χ2n) is 15.9. The van der Waals surface area contributed by atoms with Crippen LogP contribution in [0.1, 0.15) is 97.4 Å². The van der Waals surface area contributed by atoms with Gasteiger partial charge in [0.15, 0.2) is 0 Å². The summed E-state index contributed by atoms with van der Waals surface area (Å²) in [5.41, 5.74) is 8.06. The molecule has 9 nitrogen and oxygen atoms in total. The quantitative estimate of drug-likeness (QED) is 0.0527. The molecule has 65 heavy (non-hydrogen) atoms. The van der Waals surface area contributed by atoms with Gasteiger partial charge in [0, 0.05) is 16.9 Å². The number of aromatic carboxylic acids is 2. The summed E-state index contributed by atoms with van der Waals surface area (Å²) in [6, 6.07) is 53.6. The van der Waals surface area contributed by atoms with E-state index in [0.717, 1.165) is 114 Å². The number of carbonyl (C=O) groups excluding carboxylic acids is 2. The maximum absolute atomic E-state index is 12.9. The predicted molar refractivity (Wildman–Crippen MR) is 259 cm³/mol. The molecule has 2 amide bonds. The molecule has 0 spiro atoms. The number of anilines is 2. The Morgan fingerprint density at radius 3 is 1.43 bits per heavy atom. The highest BCUT2D eigenvalue weighted by Crippen LogP contribution is 2.23. The van der Waals surface area contributed by atoms with Crippen LogP contribution in [0, 0.1) is 0 Å². The molecule has 0 saturated carbocycles. The number of hydrogen-bond donors (Lipinski definition) is 4. The number of benzene rings is 7. The van der Waals surface area contributed by atoms with Gasteiger partial charge in [-0.2, -0.15) is 0 Å². The molecule has 0 aliphatic carbocycles. The van der Waals surface area contributed by atoms with Crippen molar-refractivity contribution in [3.63, 3.8) is 0 Å². The molecule has 332 valence electrons. The van der Waals surface area contributed by atoms with Gasteiger partial charge in [0.1, 0.15) is 6.61 Å². The van der Waals surface area contributed by atoms with Crippen LogP contribution in [0.2, 0.25) is 0 Å². The first kappa shape index (κ1) is 47.1. The van der Waals surface area contributed by atoms with Crippen LogP contribution in [-0.2, 0) is 41.8 Å². The molecule has 0 aliphatic heterocycles. The first-order chi connectivity index (χ1) is 31.7. The zero-order valence-electron chi connectivity index (χ0n) is 36.6. The van der Waals surface area contributed by atoms with Crippen molar-refractivity contribution < 1.29 is 34.1 Å². The summed E-state index contributed by atoms with van der Waals surface area (Å²) in [7, 11) is 0. The number of carboxylic acids is 2. The molecule has 7 aromatic rings. The Labute approximate surface area is 381 Å². The van der Waals surface area contributed by atoms with Crippen LogP contribution in [0.4, 0.5) is 11.4 Å². The third-order valence-electron chi connectivity index (χ3n) is 11.2. The molecule has 7 rings (SSSR count). The van der Waals surface area contributed by atoms with Gasteiger partial charge in [0.2, 0.25) is 5.91 Å². The monoisotopic (exact) mass is 868 g/mol. The van der Waals surface area contributed by atoms with E-state index >= 15 is 0 Å². The lowest BCUT2D eigenvalue weighted by atomic mass is 9.99. The third kappa shape index (κ3) is 14.9. The van der Waals surface area contributed by atoms with Crippen molar-refractivity contribution in [1.29, 1.82) is 0 Å². The molecule has 0 bridgehead atoms. The molecule has 0 heterocycles. The van der Waals surface area contributed by atoms with E-state index in [1.165, 1.54) is 0 Å². The summed E-state index contributed by atoms with van der Waals surface area (Å²) < 4.78 is 5.52. The number of rotatable bonds is 21. The highest BCUT2D eigenvalue weighted by atomic mass is 16.5. The van der Waals surface area contributed by atoms with Crippen molar-refractivity contribution in [1.82, 2.24) is 0 Å². The van der Waals surface area contributed by atoms with E-state index in [9.17, 15) is 29.4 Å². The molecule has 0 radical (unpaired) electrons. The van der Waals surface area contributed by atoms with Gasteiger partial charge in [-0.1, -0.05) is 146 Å². The minimum absolute atomic E-state index is 0.00617. The number of para-hydroxylation sites is 2. The highest BCUT2D eigenvalue weighted by Gasteiger charge is 2.13. The van der Waals surface area contributed by atoms with Gasteiger partial charge < -0.3 is 25.6 Å².